The Bertz CT molecular complexity index is 1180. The van der Waals surface area contributed by atoms with E-state index in [-0.39, 0.29) is 24.5 Å². The van der Waals surface area contributed by atoms with Gasteiger partial charge in [-0.05, 0) is 43.9 Å². The van der Waals surface area contributed by atoms with E-state index in [1.165, 1.54) is 8.61 Å². The zero-order chi connectivity index (χ0) is 26.1. The van der Waals surface area contributed by atoms with Gasteiger partial charge in [-0.1, -0.05) is 20.8 Å². The maximum absolute atomic E-state index is 13.4. The molecule has 2 fully saturated rings. The Balaban J connectivity index is 1.57. The Morgan fingerprint density at radius 1 is 1.17 bits per heavy atom. The summed E-state index contributed by atoms with van der Waals surface area (Å²) < 4.78 is 37.4. The molecule has 4 rings (SSSR count). The van der Waals surface area contributed by atoms with Gasteiger partial charge in [0.05, 0.1) is 16.7 Å². The summed E-state index contributed by atoms with van der Waals surface area (Å²) in [5.74, 6) is 1.55. The predicted molar refractivity (Wildman–Crippen MR) is 142 cm³/mol. The maximum atomic E-state index is 13.4. The van der Waals surface area contributed by atoms with E-state index in [9.17, 15) is 13.2 Å². The van der Waals surface area contributed by atoms with Crippen molar-refractivity contribution in [1.82, 2.24) is 24.1 Å². The van der Waals surface area contributed by atoms with Crippen molar-refractivity contribution < 1.29 is 17.9 Å². The smallest absolute Gasteiger partial charge is 0.317 e. The van der Waals surface area contributed by atoms with Crippen LogP contribution >= 0.6 is 0 Å². The normalized spacial score (nSPS) is 18.5. The number of piperazine rings is 1. The predicted octanol–water partition coefficient (Wildman–Crippen LogP) is 2.79. The Labute approximate surface area is 214 Å². The van der Waals surface area contributed by atoms with Crippen molar-refractivity contribution in [3.8, 4) is 0 Å². The molecule has 2 amide bonds. The lowest BCUT2D eigenvalue weighted by atomic mass is 9.94. The summed E-state index contributed by atoms with van der Waals surface area (Å²) in [6.45, 7) is 12.6. The number of nitrogens with one attached hydrogen (secondary N) is 1. The fraction of sp³-hybridized carbons (Fsp3) is 0.680. The third kappa shape index (κ3) is 5.47. The quantitative estimate of drug-likeness (QED) is 0.631. The van der Waals surface area contributed by atoms with Crippen LogP contribution in [-0.4, -0.2) is 86.2 Å². The van der Waals surface area contributed by atoms with Gasteiger partial charge in [0.15, 0.2) is 0 Å². The molecule has 0 unspecified atom stereocenters. The number of amides is 2. The lowest BCUT2D eigenvalue weighted by Crippen LogP contribution is -2.55. The van der Waals surface area contributed by atoms with Crippen molar-refractivity contribution in [2.24, 2.45) is 5.92 Å². The molecule has 11 heteroatoms. The van der Waals surface area contributed by atoms with Crippen LogP contribution in [0.1, 0.15) is 46.4 Å². The number of carbonyl (C=O) groups excluding carboxylic acids is 1. The van der Waals surface area contributed by atoms with Crippen molar-refractivity contribution >= 4 is 33.0 Å². The molecule has 1 aromatic carbocycles. The summed E-state index contributed by atoms with van der Waals surface area (Å²) in [6.07, 6.45) is 2.07. The summed E-state index contributed by atoms with van der Waals surface area (Å²) in [7, 11) is -2.16. The van der Waals surface area contributed by atoms with Crippen molar-refractivity contribution in [3.05, 3.63) is 24.0 Å². The van der Waals surface area contributed by atoms with Gasteiger partial charge in [0.2, 0.25) is 0 Å². The van der Waals surface area contributed by atoms with Gasteiger partial charge in [0.25, 0.3) is 0 Å². The zero-order valence-corrected chi connectivity index (χ0v) is 23.0. The van der Waals surface area contributed by atoms with Crippen molar-refractivity contribution in [3.63, 3.8) is 0 Å². The van der Waals surface area contributed by atoms with E-state index < -0.39 is 10.2 Å². The van der Waals surface area contributed by atoms with Crippen LogP contribution in [0.4, 0.5) is 10.5 Å². The lowest BCUT2D eigenvalue weighted by molar-refractivity contribution is 0.0611. The minimum Gasteiger partial charge on any atom is -0.381 e. The van der Waals surface area contributed by atoms with E-state index in [0.29, 0.717) is 31.2 Å². The first-order valence-corrected chi connectivity index (χ1v) is 14.3. The number of benzene rings is 1. The highest BCUT2D eigenvalue weighted by atomic mass is 32.2. The Hall–Kier alpha value is -2.37. The number of nitrogens with zero attached hydrogens (tertiary/aromatic N) is 5. The molecule has 2 aliphatic heterocycles. The largest absolute Gasteiger partial charge is 0.381 e. The molecule has 10 nitrogen and oxygen atoms in total. The van der Waals surface area contributed by atoms with Gasteiger partial charge in [-0.3, -0.25) is 4.31 Å². The molecule has 2 aliphatic rings. The third-order valence-electron chi connectivity index (χ3n) is 7.07. The molecule has 200 valence electrons. The van der Waals surface area contributed by atoms with Crippen LogP contribution in [0, 0.1) is 5.92 Å². The van der Waals surface area contributed by atoms with E-state index in [0.717, 1.165) is 49.5 Å². The van der Waals surface area contributed by atoms with Crippen molar-refractivity contribution in [1.29, 1.82) is 0 Å². The molecule has 3 heterocycles. The lowest BCUT2D eigenvalue weighted by Gasteiger charge is -2.36. The van der Waals surface area contributed by atoms with Crippen molar-refractivity contribution in [2.75, 3.05) is 57.3 Å². The van der Waals surface area contributed by atoms with Crippen LogP contribution in [0.2, 0.25) is 0 Å². The molecule has 2 saturated heterocycles. The Morgan fingerprint density at radius 2 is 1.83 bits per heavy atom. The van der Waals surface area contributed by atoms with E-state index in [1.807, 2.05) is 25.1 Å². The SMILES string of the molecule is CCNC(=O)N1CCN(S(=O)(=O)N(C)c2ccc3c(c2)nc(C(C)(C)C)n3CC2CCOCC2)CC1. The number of hydrogen-bond acceptors (Lipinski definition) is 5. The standard InChI is InChI=1S/C25H40N6O4S/c1-6-26-24(32)29-11-13-30(14-12-29)36(33,34)28(5)20-7-8-22-21(17-20)27-23(25(2,3)4)31(22)18-19-9-15-35-16-10-19/h7-8,17,19H,6,9-16,18H2,1-5H3,(H,26,32). The van der Waals surface area contributed by atoms with Crippen LogP contribution in [0.15, 0.2) is 18.2 Å². The first-order chi connectivity index (χ1) is 17.0. The molecule has 0 saturated carbocycles. The van der Waals surface area contributed by atoms with E-state index in [4.69, 9.17) is 9.72 Å². The molecule has 0 atom stereocenters. The fourth-order valence-electron chi connectivity index (χ4n) is 4.95. The Morgan fingerprint density at radius 3 is 2.44 bits per heavy atom. The summed E-state index contributed by atoms with van der Waals surface area (Å²) >= 11 is 0. The van der Waals surface area contributed by atoms with E-state index >= 15 is 0 Å². The average Bonchev–Trinajstić information content (AvgIpc) is 3.22. The van der Waals surface area contributed by atoms with Gasteiger partial charge in [-0.2, -0.15) is 12.7 Å². The number of hydrogen-bond donors (Lipinski definition) is 1. The summed E-state index contributed by atoms with van der Waals surface area (Å²) in [5, 5.41) is 2.77. The molecule has 36 heavy (non-hydrogen) atoms. The molecular weight excluding hydrogens is 480 g/mol. The molecule has 0 bridgehead atoms. The maximum Gasteiger partial charge on any atom is 0.317 e. The monoisotopic (exact) mass is 520 g/mol. The first-order valence-electron chi connectivity index (χ1n) is 12.9. The second kappa shape index (κ2) is 10.5. The van der Waals surface area contributed by atoms with Crippen molar-refractivity contribution in [2.45, 2.75) is 52.5 Å². The molecule has 2 aromatic rings. The molecule has 0 aliphatic carbocycles. The number of fused-ring (bicyclic) bond motifs is 1. The topological polar surface area (TPSA) is 100 Å². The molecule has 0 radical (unpaired) electrons. The summed E-state index contributed by atoms with van der Waals surface area (Å²) in [4.78, 5) is 18.7. The number of urea groups is 1. The third-order valence-corrected chi connectivity index (χ3v) is 8.99. The Kier molecular flexibility index (Phi) is 7.82. The number of anilines is 1. The number of ether oxygens (including phenoxy) is 1. The second-order valence-electron chi connectivity index (χ2n) is 10.7. The van der Waals surface area contributed by atoms with Crippen LogP contribution in [-0.2, 0) is 26.9 Å². The second-order valence-corrected chi connectivity index (χ2v) is 12.7. The summed E-state index contributed by atoms with van der Waals surface area (Å²) in [5.41, 5.74) is 2.25. The van der Waals surface area contributed by atoms with Crippen LogP contribution < -0.4 is 9.62 Å². The highest BCUT2D eigenvalue weighted by Crippen LogP contribution is 2.32. The first kappa shape index (κ1) is 26.7. The van der Waals surface area contributed by atoms with E-state index in [1.54, 1.807) is 11.9 Å². The zero-order valence-electron chi connectivity index (χ0n) is 22.2. The van der Waals surface area contributed by atoms with Gasteiger partial charge in [0, 0.05) is 64.9 Å². The van der Waals surface area contributed by atoms with Gasteiger partial charge < -0.3 is 19.5 Å². The average molecular weight is 521 g/mol. The highest BCUT2D eigenvalue weighted by Gasteiger charge is 2.32. The van der Waals surface area contributed by atoms with Crippen LogP contribution in [0.25, 0.3) is 11.0 Å². The summed E-state index contributed by atoms with van der Waals surface area (Å²) in [6, 6.07) is 5.57. The number of aromatic nitrogens is 2. The van der Waals surface area contributed by atoms with Crippen LogP contribution in [0.3, 0.4) is 0 Å². The number of rotatable bonds is 6. The van der Waals surface area contributed by atoms with E-state index in [2.05, 4.69) is 30.7 Å². The molecular formula is C25H40N6O4S. The van der Waals surface area contributed by atoms with Crippen LogP contribution in [0.5, 0.6) is 0 Å². The van der Waals surface area contributed by atoms with Gasteiger partial charge in [-0.25, -0.2) is 9.78 Å². The molecule has 0 spiro atoms. The van der Waals surface area contributed by atoms with Gasteiger partial charge in [-0.15, -0.1) is 0 Å². The highest BCUT2D eigenvalue weighted by molar-refractivity contribution is 7.90. The van der Waals surface area contributed by atoms with Gasteiger partial charge in [0.1, 0.15) is 5.82 Å². The molecule has 1 N–H and O–H groups in total. The minimum absolute atomic E-state index is 0.147. The molecule has 1 aromatic heterocycles. The fourth-order valence-corrected chi connectivity index (χ4v) is 6.30. The number of imidazole rings is 1. The minimum atomic E-state index is -3.74. The number of carbonyl (C=O) groups is 1. The van der Waals surface area contributed by atoms with Gasteiger partial charge >= 0.3 is 16.2 Å².